The largest absolute Gasteiger partial charge is 0.329 e. The average Bonchev–Trinajstić information content (AvgIpc) is 3.16. The van der Waals surface area contributed by atoms with Crippen molar-refractivity contribution >= 4 is 0 Å². The van der Waals surface area contributed by atoms with Crippen molar-refractivity contribution < 1.29 is 8.78 Å². The Bertz CT molecular complexity index is 385. The fourth-order valence-corrected chi connectivity index (χ4v) is 2.31. The van der Waals surface area contributed by atoms with Gasteiger partial charge in [-0.15, -0.1) is 0 Å². The van der Waals surface area contributed by atoms with Crippen LogP contribution >= 0.6 is 0 Å². The van der Waals surface area contributed by atoms with E-state index in [4.69, 9.17) is 5.73 Å². The van der Waals surface area contributed by atoms with Gasteiger partial charge in [-0.2, -0.15) is 0 Å². The second kappa shape index (κ2) is 5.76. The monoisotopic (exact) mass is 254 g/mol. The molecule has 0 radical (unpaired) electrons. The quantitative estimate of drug-likeness (QED) is 0.819. The third-order valence-electron chi connectivity index (χ3n) is 3.70. The van der Waals surface area contributed by atoms with Crippen LogP contribution in [0.5, 0.6) is 0 Å². The van der Waals surface area contributed by atoms with E-state index >= 15 is 0 Å². The summed E-state index contributed by atoms with van der Waals surface area (Å²) in [5.74, 6) is 0.240. The Morgan fingerprint density at radius 3 is 2.44 bits per heavy atom. The van der Waals surface area contributed by atoms with E-state index in [-0.39, 0.29) is 12.1 Å². The molecule has 4 heteroatoms. The lowest BCUT2D eigenvalue weighted by Gasteiger charge is -2.21. The summed E-state index contributed by atoms with van der Waals surface area (Å²) >= 11 is 0. The lowest BCUT2D eigenvalue weighted by atomic mass is 10.0. The van der Waals surface area contributed by atoms with Crippen molar-refractivity contribution in [1.82, 2.24) is 5.32 Å². The smallest absolute Gasteiger partial charge is 0.130 e. The predicted octanol–water partition coefficient (Wildman–Crippen LogP) is 2.60. The molecule has 1 aliphatic rings. The Morgan fingerprint density at radius 2 is 1.94 bits per heavy atom. The SMILES string of the molecule is CC(CNC(CN)c1c(F)cccc1F)C1CC1. The Labute approximate surface area is 107 Å². The zero-order chi connectivity index (χ0) is 13.1. The van der Waals surface area contributed by atoms with Crippen molar-refractivity contribution in [3.63, 3.8) is 0 Å². The van der Waals surface area contributed by atoms with Gasteiger partial charge in [0.05, 0.1) is 6.04 Å². The van der Waals surface area contributed by atoms with Gasteiger partial charge in [0.2, 0.25) is 0 Å². The minimum absolute atomic E-state index is 0.0583. The normalized spacial score (nSPS) is 18.7. The Hall–Kier alpha value is -1.00. The van der Waals surface area contributed by atoms with Gasteiger partial charge in [-0.3, -0.25) is 0 Å². The van der Waals surface area contributed by atoms with Gasteiger partial charge in [0.15, 0.2) is 0 Å². The standard InChI is InChI=1S/C14H20F2N2/c1-9(10-5-6-10)8-18-13(7-17)14-11(15)3-2-4-12(14)16/h2-4,9-10,13,18H,5-8,17H2,1H3. The van der Waals surface area contributed by atoms with Crippen molar-refractivity contribution in [2.75, 3.05) is 13.1 Å². The molecule has 0 amide bonds. The van der Waals surface area contributed by atoms with Gasteiger partial charge in [0.25, 0.3) is 0 Å². The number of nitrogens with two attached hydrogens (primary N) is 1. The molecular weight excluding hydrogens is 234 g/mol. The number of halogens is 2. The number of hydrogen-bond donors (Lipinski definition) is 2. The van der Waals surface area contributed by atoms with Gasteiger partial charge in [-0.1, -0.05) is 13.0 Å². The zero-order valence-electron chi connectivity index (χ0n) is 10.6. The highest BCUT2D eigenvalue weighted by molar-refractivity contribution is 5.23. The third kappa shape index (κ3) is 3.06. The second-order valence-corrected chi connectivity index (χ2v) is 5.15. The lowest BCUT2D eigenvalue weighted by molar-refractivity contribution is 0.405. The summed E-state index contributed by atoms with van der Waals surface area (Å²) in [6.07, 6.45) is 2.54. The lowest BCUT2D eigenvalue weighted by Crippen LogP contribution is -2.33. The maximum absolute atomic E-state index is 13.6. The van der Waals surface area contributed by atoms with Crippen molar-refractivity contribution in [3.8, 4) is 0 Å². The molecule has 2 rings (SSSR count). The molecule has 100 valence electrons. The molecule has 0 aromatic heterocycles. The minimum Gasteiger partial charge on any atom is -0.329 e. The molecule has 0 aliphatic heterocycles. The van der Waals surface area contributed by atoms with Gasteiger partial charge in [0.1, 0.15) is 11.6 Å². The van der Waals surface area contributed by atoms with Crippen LogP contribution in [0.4, 0.5) is 8.78 Å². The van der Waals surface area contributed by atoms with Crippen molar-refractivity contribution in [3.05, 3.63) is 35.4 Å². The van der Waals surface area contributed by atoms with Crippen LogP contribution in [0.2, 0.25) is 0 Å². The summed E-state index contributed by atoms with van der Waals surface area (Å²) in [5.41, 5.74) is 5.68. The Balaban J connectivity index is 2.02. The van der Waals surface area contributed by atoms with Crippen LogP contribution < -0.4 is 11.1 Å². The summed E-state index contributed by atoms with van der Waals surface area (Å²) in [5, 5.41) is 3.18. The van der Waals surface area contributed by atoms with Crippen LogP contribution in [0, 0.1) is 23.5 Å². The first-order valence-electron chi connectivity index (χ1n) is 6.50. The molecule has 1 aromatic rings. The van der Waals surface area contributed by atoms with Crippen LogP contribution in [0.25, 0.3) is 0 Å². The van der Waals surface area contributed by atoms with Crippen molar-refractivity contribution in [2.45, 2.75) is 25.8 Å². The number of nitrogens with one attached hydrogen (secondary N) is 1. The predicted molar refractivity (Wildman–Crippen MR) is 68.0 cm³/mol. The average molecular weight is 254 g/mol. The maximum atomic E-state index is 13.6. The fourth-order valence-electron chi connectivity index (χ4n) is 2.31. The topological polar surface area (TPSA) is 38.0 Å². The molecule has 2 unspecified atom stereocenters. The Kier molecular flexibility index (Phi) is 4.30. The molecular formula is C14H20F2N2. The summed E-state index contributed by atoms with van der Waals surface area (Å²) in [4.78, 5) is 0. The fraction of sp³-hybridized carbons (Fsp3) is 0.571. The highest BCUT2D eigenvalue weighted by Crippen LogP contribution is 2.36. The van der Waals surface area contributed by atoms with Crippen molar-refractivity contribution in [1.29, 1.82) is 0 Å². The summed E-state index contributed by atoms with van der Waals surface area (Å²) in [7, 11) is 0. The van der Waals surface area contributed by atoms with Gasteiger partial charge in [0, 0.05) is 12.1 Å². The van der Waals surface area contributed by atoms with E-state index < -0.39 is 17.7 Å². The molecule has 18 heavy (non-hydrogen) atoms. The molecule has 3 N–H and O–H groups in total. The first-order valence-corrected chi connectivity index (χ1v) is 6.50. The van der Waals surface area contributed by atoms with Crippen LogP contribution in [0.1, 0.15) is 31.4 Å². The number of benzene rings is 1. The minimum atomic E-state index is -0.531. The summed E-state index contributed by atoms with van der Waals surface area (Å²) < 4.78 is 27.3. The maximum Gasteiger partial charge on any atom is 0.130 e. The molecule has 0 spiro atoms. The van der Waals surface area contributed by atoms with E-state index in [0.29, 0.717) is 5.92 Å². The highest BCUT2D eigenvalue weighted by Gasteiger charge is 2.28. The molecule has 0 heterocycles. The third-order valence-corrected chi connectivity index (χ3v) is 3.70. The molecule has 1 fully saturated rings. The van der Waals surface area contributed by atoms with Crippen LogP contribution in [-0.4, -0.2) is 13.1 Å². The van der Waals surface area contributed by atoms with Gasteiger partial charge in [-0.05, 0) is 43.4 Å². The summed E-state index contributed by atoms with van der Waals surface area (Å²) in [6.45, 7) is 3.10. The molecule has 1 aliphatic carbocycles. The molecule has 2 nitrogen and oxygen atoms in total. The van der Waals surface area contributed by atoms with E-state index in [1.54, 1.807) is 0 Å². The second-order valence-electron chi connectivity index (χ2n) is 5.15. The molecule has 1 aromatic carbocycles. The van der Waals surface area contributed by atoms with E-state index in [0.717, 1.165) is 12.5 Å². The zero-order valence-corrected chi connectivity index (χ0v) is 10.6. The Morgan fingerprint density at radius 1 is 1.33 bits per heavy atom. The van der Waals surface area contributed by atoms with Crippen molar-refractivity contribution in [2.24, 2.45) is 17.6 Å². The van der Waals surface area contributed by atoms with E-state index in [9.17, 15) is 8.78 Å². The first kappa shape index (κ1) is 13.4. The number of rotatable bonds is 6. The summed E-state index contributed by atoms with van der Waals surface area (Å²) in [6, 6.07) is 3.46. The van der Waals surface area contributed by atoms with Gasteiger partial charge in [-0.25, -0.2) is 8.78 Å². The molecule has 0 bridgehead atoms. The van der Waals surface area contributed by atoms with E-state index in [1.807, 2.05) is 0 Å². The number of hydrogen-bond acceptors (Lipinski definition) is 2. The first-order chi connectivity index (χ1) is 8.63. The molecule has 2 atom stereocenters. The van der Waals surface area contributed by atoms with E-state index in [2.05, 4.69) is 12.2 Å². The van der Waals surface area contributed by atoms with Crippen LogP contribution in [-0.2, 0) is 0 Å². The molecule has 0 saturated heterocycles. The van der Waals surface area contributed by atoms with Gasteiger partial charge < -0.3 is 11.1 Å². The van der Waals surface area contributed by atoms with Crippen LogP contribution in [0.15, 0.2) is 18.2 Å². The van der Waals surface area contributed by atoms with Gasteiger partial charge >= 0.3 is 0 Å². The molecule has 1 saturated carbocycles. The van der Waals surface area contributed by atoms with Crippen LogP contribution in [0.3, 0.4) is 0 Å². The van der Waals surface area contributed by atoms with E-state index in [1.165, 1.54) is 31.0 Å². The highest BCUT2D eigenvalue weighted by atomic mass is 19.1.